The standard InChI is InChI=1S/C17H11Cl2F3O5.C5H12NO4P/c1-8(15(23)24)26-16(25)11-7-10(3-4-12(11)18)27-14-5-2-9(6-13(14)19)17(20,21)22;1-11(9,10)3-2-4(6)5(7)8/h2-8H,1H3,(H,23,24);4H,2-3,6H2,1H3,(H,7,8)(H,9,10)/t8-;/m0./s1. The lowest BCUT2D eigenvalue weighted by molar-refractivity contribution is -0.146. The van der Waals surface area contributed by atoms with Crippen LogP contribution < -0.4 is 10.5 Å². The van der Waals surface area contributed by atoms with Crippen molar-refractivity contribution in [1.29, 1.82) is 0 Å². The Bertz CT molecular complexity index is 1220. The Labute approximate surface area is 224 Å². The quantitative estimate of drug-likeness (QED) is 0.222. The van der Waals surface area contributed by atoms with Crippen LogP contribution in [-0.2, 0) is 25.1 Å². The van der Waals surface area contributed by atoms with Crippen molar-refractivity contribution in [3.8, 4) is 11.5 Å². The summed E-state index contributed by atoms with van der Waals surface area (Å²) in [5.41, 5.74) is 3.97. The first-order chi connectivity index (χ1) is 17.3. The Balaban J connectivity index is 0.000000554. The molecule has 3 atom stereocenters. The molecule has 2 aromatic rings. The number of carbonyl (C=O) groups excluding carboxylic acids is 1. The second-order valence-corrected chi connectivity index (χ2v) is 11.1. The highest BCUT2D eigenvalue weighted by atomic mass is 35.5. The zero-order valence-corrected chi connectivity index (χ0v) is 22.1. The molecule has 10 nitrogen and oxygen atoms in total. The summed E-state index contributed by atoms with van der Waals surface area (Å²) in [5.74, 6) is -3.53. The van der Waals surface area contributed by atoms with Gasteiger partial charge in [-0.25, -0.2) is 9.59 Å². The van der Waals surface area contributed by atoms with Crippen LogP contribution in [0.4, 0.5) is 13.2 Å². The number of ether oxygens (including phenoxy) is 2. The van der Waals surface area contributed by atoms with Crippen molar-refractivity contribution in [2.45, 2.75) is 31.7 Å². The van der Waals surface area contributed by atoms with Gasteiger partial charge in [0.05, 0.1) is 21.2 Å². The van der Waals surface area contributed by atoms with E-state index in [4.69, 9.17) is 53.5 Å². The van der Waals surface area contributed by atoms with E-state index in [1.54, 1.807) is 0 Å². The molecule has 38 heavy (non-hydrogen) atoms. The van der Waals surface area contributed by atoms with Crippen LogP contribution in [0.3, 0.4) is 0 Å². The topological polar surface area (TPSA) is 173 Å². The van der Waals surface area contributed by atoms with E-state index in [0.29, 0.717) is 6.07 Å². The highest BCUT2D eigenvalue weighted by molar-refractivity contribution is 7.57. The molecule has 210 valence electrons. The van der Waals surface area contributed by atoms with Gasteiger partial charge in [-0.1, -0.05) is 23.2 Å². The second kappa shape index (κ2) is 13.8. The predicted octanol–water partition coefficient (Wildman–Crippen LogP) is 5.12. The minimum absolute atomic E-state index is 0.0246. The van der Waals surface area contributed by atoms with E-state index in [0.717, 1.165) is 25.1 Å². The maximum Gasteiger partial charge on any atom is 0.416 e. The van der Waals surface area contributed by atoms with Gasteiger partial charge < -0.3 is 30.3 Å². The summed E-state index contributed by atoms with van der Waals surface area (Å²) >= 11 is 11.7. The van der Waals surface area contributed by atoms with Gasteiger partial charge >= 0.3 is 24.1 Å². The molecule has 0 aliphatic carbocycles. The van der Waals surface area contributed by atoms with Gasteiger partial charge in [0.25, 0.3) is 0 Å². The first-order valence-electron chi connectivity index (χ1n) is 10.4. The lowest BCUT2D eigenvalue weighted by Crippen LogP contribution is -2.30. The van der Waals surface area contributed by atoms with Crippen molar-refractivity contribution in [2.24, 2.45) is 5.73 Å². The van der Waals surface area contributed by atoms with Gasteiger partial charge in [-0.05, 0) is 49.7 Å². The lowest BCUT2D eigenvalue weighted by atomic mass is 10.2. The van der Waals surface area contributed by atoms with Crippen molar-refractivity contribution in [2.75, 3.05) is 12.8 Å². The summed E-state index contributed by atoms with van der Waals surface area (Å²) in [7, 11) is -3.10. The van der Waals surface area contributed by atoms with Crippen molar-refractivity contribution in [3.63, 3.8) is 0 Å². The fraction of sp³-hybridized carbons (Fsp3) is 0.318. The Morgan fingerprint density at radius 1 is 1.05 bits per heavy atom. The fourth-order valence-corrected chi connectivity index (χ4v) is 3.56. The maximum atomic E-state index is 12.7. The molecule has 16 heteroatoms. The number of carboxylic acid groups (broad SMARTS) is 2. The maximum absolute atomic E-state index is 12.7. The van der Waals surface area contributed by atoms with Crippen molar-refractivity contribution in [3.05, 3.63) is 57.6 Å². The molecule has 0 fully saturated rings. The molecular weight excluding hydrogens is 581 g/mol. The average Bonchev–Trinajstić information content (AvgIpc) is 2.78. The number of esters is 1. The van der Waals surface area contributed by atoms with Crippen molar-refractivity contribution >= 4 is 48.5 Å². The summed E-state index contributed by atoms with van der Waals surface area (Å²) < 4.78 is 58.8. The Morgan fingerprint density at radius 3 is 2.13 bits per heavy atom. The summed E-state index contributed by atoms with van der Waals surface area (Å²) in [5, 5.41) is 16.7. The SMILES string of the molecule is CP(=O)(O)CCC(N)C(=O)O.C[C@H](OC(=O)c1cc(Oc2ccc(C(F)(F)F)cc2Cl)ccc1Cl)C(=O)O. The largest absolute Gasteiger partial charge is 0.480 e. The summed E-state index contributed by atoms with van der Waals surface area (Å²) in [6, 6.07) is 5.30. The van der Waals surface area contributed by atoms with Crippen LogP contribution in [0, 0.1) is 0 Å². The van der Waals surface area contributed by atoms with Gasteiger partial charge in [-0.2, -0.15) is 13.2 Å². The van der Waals surface area contributed by atoms with Crippen LogP contribution in [0.15, 0.2) is 36.4 Å². The molecule has 2 aromatic carbocycles. The molecule has 2 rings (SSSR count). The van der Waals surface area contributed by atoms with Crippen LogP contribution in [0.1, 0.15) is 29.3 Å². The van der Waals surface area contributed by atoms with E-state index in [9.17, 15) is 32.1 Å². The van der Waals surface area contributed by atoms with Crippen molar-refractivity contribution in [1.82, 2.24) is 0 Å². The van der Waals surface area contributed by atoms with E-state index in [1.807, 2.05) is 0 Å². The zero-order valence-electron chi connectivity index (χ0n) is 19.7. The van der Waals surface area contributed by atoms with Crippen LogP contribution in [0.2, 0.25) is 10.0 Å². The van der Waals surface area contributed by atoms with E-state index >= 15 is 0 Å². The van der Waals surface area contributed by atoms with Gasteiger partial charge in [-0.3, -0.25) is 9.36 Å². The molecule has 2 unspecified atom stereocenters. The number of benzene rings is 2. The number of carbonyl (C=O) groups is 3. The molecule has 0 heterocycles. The van der Waals surface area contributed by atoms with E-state index in [2.05, 4.69) is 0 Å². The smallest absolute Gasteiger partial charge is 0.416 e. The van der Waals surface area contributed by atoms with Gasteiger partial charge in [0.15, 0.2) is 13.5 Å². The van der Waals surface area contributed by atoms with Crippen LogP contribution in [0.25, 0.3) is 0 Å². The van der Waals surface area contributed by atoms with Crippen LogP contribution >= 0.6 is 30.6 Å². The molecule has 0 amide bonds. The monoisotopic (exact) mass is 603 g/mol. The number of alkyl halides is 3. The third-order valence-electron chi connectivity index (χ3n) is 4.45. The minimum atomic E-state index is -4.56. The zero-order chi connectivity index (χ0) is 29.4. The second-order valence-electron chi connectivity index (χ2n) is 7.78. The summed E-state index contributed by atoms with van der Waals surface area (Å²) in [6.45, 7) is 2.35. The first-order valence-corrected chi connectivity index (χ1v) is 13.4. The average molecular weight is 604 g/mol. The molecular formula is C22H23Cl2F3NO9P. The van der Waals surface area contributed by atoms with Crippen molar-refractivity contribution < 1.29 is 56.7 Å². The van der Waals surface area contributed by atoms with Gasteiger partial charge in [0, 0.05) is 12.8 Å². The molecule has 0 aliphatic heterocycles. The molecule has 0 radical (unpaired) electrons. The van der Waals surface area contributed by atoms with E-state index in [-0.39, 0.29) is 39.7 Å². The first kappa shape index (κ1) is 33.2. The molecule has 0 aromatic heterocycles. The number of rotatable bonds is 9. The summed E-state index contributed by atoms with van der Waals surface area (Å²) in [6.07, 6.45) is -5.96. The number of nitrogens with two attached hydrogens (primary N) is 1. The fourth-order valence-electron chi connectivity index (χ4n) is 2.39. The molecule has 0 aliphatic rings. The summed E-state index contributed by atoms with van der Waals surface area (Å²) in [4.78, 5) is 41.7. The molecule has 5 N–H and O–H groups in total. The van der Waals surface area contributed by atoms with Gasteiger partial charge in [0.2, 0.25) is 0 Å². The Morgan fingerprint density at radius 2 is 1.66 bits per heavy atom. The number of carboxylic acids is 2. The van der Waals surface area contributed by atoms with Crippen LogP contribution in [-0.4, -0.2) is 58.0 Å². The van der Waals surface area contributed by atoms with E-state index < -0.39 is 49.2 Å². The molecule has 0 bridgehead atoms. The number of hydrogen-bond acceptors (Lipinski definition) is 7. The normalized spacial score (nSPS) is 14.2. The van der Waals surface area contributed by atoms with E-state index in [1.165, 1.54) is 18.8 Å². The highest BCUT2D eigenvalue weighted by Gasteiger charge is 2.31. The molecule has 0 saturated heterocycles. The number of aliphatic carboxylic acids is 2. The minimum Gasteiger partial charge on any atom is -0.480 e. The third-order valence-corrected chi connectivity index (χ3v) is 6.16. The lowest BCUT2D eigenvalue weighted by Gasteiger charge is -2.13. The molecule has 0 saturated carbocycles. The highest BCUT2D eigenvalue weighted by Crippen LogP contribution is 2.37. The van der Waals surface area contributed by atoms with Crippen LogP contribution in [0.5, 0.6) is 11.5 Å². The predicted molar refractivity (Wildman–Crippen MR) is 131 cm³/mol. The third kappa shape index (κ3) is 11.3. The Kier molecular flexibility index (Phi) is 12.1. The van der Waals surface area contributed by atoms with Gasteiger partial charge in [-0.15, -0.1) is 0 Å². The Hall–Kier alpha value is -2.83. The number of halogens is 5. The number of hydrogen-bond donors (Lipinski definition) is 4. The molecule has 0 spiro atoms. The van der Waals surface area contributed by atoms with Gasteiger partial charge in [0.1, 0.15) is 17.5 Å².